The van der Waals surface area contributed by atoms with Crippen molar-refractivity contribution in [3.05, 3.63) is 45.4 Å². The Hall–Kier alpha value is -2.33. The van der Waals surface area contributed by atoms with Crippen LogP contribution in [0.1, 0.15) is 42.9 Å². The van der Waals surface area contributed by atoms with Crippen molar-refractivity contribution in [3.63, 3.8) is 0 Å². The van der Waals surface area contributed by atoms with Gasteiger partial charge in [0.1, 0.15) is 12.1 Å². The lowest BCUT2D eigenvalue weighted by Gasteiger charge is -2.29. The van der Waals surface area contributed by atoms with Gasteiger partial charge in [-0.15, -0.1) is 0 Å². The van der Waals surface area contributed by atoms with Crippen LogP contribution in [0.5, 0.6) is 0 Å². The quantitative estimate of drug-likeness (QED) is 0.820. The van der Waals surface area contributed by atoms with E-state index < -0.39 is 42.6 Å². The minimum atomic E-state index is -2.91. The van der Waals surface area contributed by atoms with E-state index in [1.165, 1.54) is 6.20 Å². The molecule has 2 aromatic heterocycles. The zero-order valence-electron chi connectivity index (χ0n) is 14.8. The molecule has 0 radical (unpaired) electrons. The van der Waals surface area contributed by atoms with Gasteiger partial charge in [-0.05, 0) is 25.0 Å². The first kappa shape index (κ1) is 19.0. The summed E-state index contributed by atoms with van der Waals surface area (Å²) in [6, 6.07) is 2.31. The molecule has 0 saturated carbocycles. The van der Waals surface area contributed by atoms with Crippen molar-refractivity contribution in [2.45, 2.75) is 43.9 Å². The van der Waals surface area contributed by atoms with Gasteiger partial charge in [0.2, 0.25) is 5.91 Å². The number of alkyl halides is 2. The van der Waals surface area contributed by atoms with Gasteiger partial charge in [0.25, 0.3) is 5.92 Å². The first-order chi connectivity index (χ1) is 13.2. The van der Waals surface area contributed by atoms with Gasteiger partial charge in [-0.25, -0.2) is 18.3 Å². The fourth-order valence-electron chi connectivity index (χ4n) is 3.66. The summed E-state index contributed by atoms with van der Waals surface area (Å²) in [6.07, 6.45) is 0.441. The van der Waals surface area contributed by atoms with E-state index in [-0.39, 0.29) is 31.8 Å². The maximum absolute atomic E-state index is 13.5. The highest BCUT2D eigenvalue weighted by atomic mass is 35.5. The number of hydrogen-bond acceptors (Lipinski definition) is 5. The average Bonchev–Trinajstić information content (AvgIpc) is 3.18. The zero-order chi connectivity index (χ0) is 20.1. The number of nitrogens with zero attached hydrogens (tertiary/aromatic N) is 5. The fraction of sp³-hybridized carbons (Fsp3) is 0.529. The molecular weight excluding hydrogens is 396 g/mol. The van der Waals surface area contributed by atoms with E-state index in [1.807, 2.05) is 0 Å². The first-order valence-electron chi connectivity index (χ1n) is 8.89. The van der Waals surface area contributed by atoms with E-state index in [1.54, 1.807) is 12.1 Å². The minimum absolute atomic E-state index is 0.0332. The number of aromatic nitrogens is 4. The van der Waals surface area contributed by atoms with Crippen molar-refractivity contribution in [1.82, 2.24) is 24.2 Å². The number of carbonyl (C=O) groups excluding carboxylic acids is 1. The third-order valence-corrected chi connectivity index (χ3v) is 5.31. The Morgan fingerprint density at radius 3 is 2.79 bits per heavy atom. The lowest BCUT2D eigenvalue weighted by atomic mass is 10.0. The van der Waals surface area contributed by atoms with E-state index in [0.29, 0.717) is 10.7 Å². The summed E-state index contributed by atoms with van der Waals surface area (Å²) in [4.78, 5) is 30.9. The lowest BCUT2D eigenvalue weighted by Crippen LogP contribution is -2.43. The van der Waals surface area contributed by atoms with E-state index >= 15 is 0 Å². The summed E-state index contributed by atoms with van der Waals surface area (Å²) in [5.41, 5.74) is -0.0618. The van der Waals surface area contributed by atoms with Gasteiger partial charge in [0.15, 0.2) is 5.82 Å². The number of rotatable bonds is 3. The Labute approximate surface area is 163 Å². The predicted molar refractivity (Wildman–Crippen MR) is 94.2 cm³/mol. The van der Waals surface area contributed by atoms with Crippen LogP contribution in [0.15, 0.2) is 23.1 Å². The second-order valence-corrected chi connectivity index (χ2v) is 7.55. The van der Waals surface area contributed by atoms with Crippen LogP contribution < -0.4 is 5.69 Å². The van der Waals surface area contributed by atoms with Crippen LogP contribution in [0.2, 0.25) is 5.02 Å². The summed E-state index contributed by atoms with van der Waals surface area (Å²) in [5.74, 6) is -3.40. The molecule has 1 unspecified atom stereocenters. The monoisotopic (exact) mass is 413 g/mol. The number of fused-ring (bicyclic) bond motifs is 1. The Morgan fingerprint density at radius 2 is 2.14 bits per heavy atom. The molecule has 1 saturated heterocycles. The Bertz CT molecular complexity index is 959. The van der Waals surface area contributed by atoms with Crippen molar-refractivity contribution < 1.29 is 18.7 Å². The molecule has 28 heavy (non-hydrogen) atoms. The number of pyridine rings is 1. The summed E-state index contributed by atoms with van der Waals surface area (Å²) in [7, 11) is 0. The van der Waals surface area contributed by atoms with Crippen LogP contribution in [0.25, 0.3) is 0 Å². The Balaban J connectivity index is 1.65. The standard InChI is InChI=1S/C17H18ClF2N5O3/c18-10-1-2-11(21-7-10)8-24-16(28)25-12(3-4-13(26)14(25)22-24)15(27)23-6-5-17(19,20)9-23/h1-2,7,12-13,26H,3-6,8-9H2/t12-,13?/m0/s1. The van der Waals surface area contributed by atoms with Crippen LogP contribution in [0.4, 0.5) is 8.78 Å². The second-order valence-electron chi connectivity index (χ2n) is 7.11. The summed E-state index contributed by atoms with van der Waals surface area (Å²) in [6.45, 7) is -0.680. The van der Waals surface area contributed by atoms with Crippen LogP contribution in [-0.4, -0.2) is 54.3 Å². The summed E-state index contributed by atoms with van der Waals surface area (Å²) < 4.78 is 29.2. The van der Waals surface area contributed by atoms with Crippen molar-refractivity contribution in [3.8, 4) is 0 Å². The highest BCUT2D eigenvalue weighted by Crippen LogP contribution is 2.33. The van der Waals surface area contributed by atoms with Gasteiger partial charge < -0.3 is 10.0 Å². The molecule has 4 heterocycles. The highest BCUT2D eigenvalue weighted by molar-refractivity contribution is 6.30. The highest BCUT2D eigenvalue weighted by Gasteiger charge is 2.44. The zero-order valence-corrected chi connectivity index (χ0v) is 15.5. The molecule has 4 rings (SSSR count). The Kier molecular flexibility index (Phi) is 4.70. The van der Waals surface area contributed by atoms with Gasteiger partial charge in [0, 0.05) is 19.2 Å². The summed E-state index contributed by atoms with van der Waals surface area (Å²) >= 11 is 5.80. The fourth-order valence-corrected chi connectivity index (χ4v) is 3.77. The van der Waals surface area contributed by atoms with Gasteiger partial charge in [0.05, 0.1) is 23.8 Å². The minimum Gasteiger partial charge on any atom is -0.385 e. The number of aliphatic hydroxyl groups is 1. The third kappa shape index (κ3) is 3.42. The first-order valence-corrected chi connectivity index (χ1v) is 9.27. The SMILES string of the molecule is O=C([C@@H]1CCC(O)c2nn(Cc3ccc(Cl)cn3)c(=O)n21)N1CCC(F)(F)C1. The number of amides is 1. The molecule has 0 spiro atoms. The van der Waals surface area contributed by atoms with Crippen molar-refractivity contribution in [2.24, 2.45) is 0 Å². The molecule has 1 N–H and O–H groups in total. The van der Waals surface area contributed by atoms with Crippen LogP contribution in [0.3, 0.4) is 0 Å². The molecule has 1 amide bonds. The molecule has 2 atom stereocenters. The Morgan fingerprint density at radius 1 is 1.36 bits per heavy atom. The summed E-state index contributed by atoms with van der Waals surface area (Å²) in [5, 5.41) is 14.8. The van der Waals surface area contributed by atoms with Crippen LogP contribution in [0, 0.1) is 0 Å². The van der Waals surface area contributed by atoms with Crippen molar-refractivity contribution in [1.29, 1.82) is 0 Å². The molecule has 11 heteroatoms. The van der Waals surface area contributed by atoms with E-state index in [9.17, 15) is 23.5 Å². The largest absolute Gasteiger partial charge is 0.385 e. The molecule has 150 valence electrons. The smallest absolute Gasteiger partial charge is 0.347 e. The van der Waals surface area contributed by atoms with E-state index in [0.717, 1.165) is 14.1 Å². The molecular formula is C17H18ClF2N5O3. The molecule has 0 aromatic carbocycles. The van der Waals surface area contributed by atoms with Gasteiger partial charge in [-0.2, -0.15) is 5.10 Å². The molecule has 2 aliphatic rings. The average molecular weight is 414 g/mol. The third-order valence-electron chi connectivity index (χ3n) is 5.09. The maximum atomic E-state index is 13.5. The molecule has 2 aliphatic heterocycles. The topological polar surface area (TPSA) is 93.2 Å². The lowest BCUT2D eigenvalue weighted by molar-refractivity contribution is -0.136. The number of aliphatic hydroxyl groups excluding tert-OH is 1. The molecule has 0 bridgehead atoms. The number of halogens is 3. The van der Waals surface area contributed by atoms with Gasteiger partial charge in [-0.3, -0.25) is 14.3 Å². The van der Waals surface area contributed by atoms with Crippen LogP contribution >= 0.6 is 11.6 Å². The van der Waals surface area contributed by atoms with Gasteiger partial charge in [-0.1, -0.05) is 11.6 Å². The van der Waals surface area contributed by atoms with Crippen LogP contribution in [-0.2, 0) is 11.3 Å². The maximum Gasteiger partial charge on any atom is 0.347 e. The predicted octanol–water partition coefficient (Wildman–Crippen LogP) is 1.38. The molecule has 0 aliphatic carbocycles. The van der Waals surface area contributed by atoms with Crippen molar-refractivity contribution in [2.75, 3.05) is 13.1 Å². The number of likely N-dealkylation sites (tertiary alicyclic amines) is 1. The second kappa shape index (κ2) is 6.93. The molecule has 8 nitrogen and oxygen atoms in total. The molecule has 1 fully saturated rings. The number of carbonyl (C=O) groups is 1. The van der Waals surface area contributed by atoms with Crippen molar-refractivity contribution >= 4 is 17.5 Å². The molecule has 2 aromatic rings. The van der Waals surface area contributed by atoms with E-state index in [2.05, 4.69) is 10.1 Å². The number of hydrogen-bond donors (Lipinski definition) is 1. The normalized spacial score (nSPS) is 23.6. The van der Waals surface area contributed by atoms with E-state index in [4.69, 9.17) is 11.6 Å². The van der Waals surface area contributed by atoms with Gasteiger partial charge >= 0.3 is 5.69 Å².